The highest BCUT2D eigenvalue weighted by molar-refractivity contribution is 5.81. The predicted octanol–water partition coefficient (Wildman–Crippen LogP) is 4.10. The van der Waals surface area contributed by atoms with Crippen LogP contribution >= 0.6 is 0 Å². The fourth-order valence-corrected chi connectivity index (χ4v) is 2.78. The lowest BCUT2D eigenvalue weighted by Gasteiger charge is -2.08. The Bertz CT molecular complexity index is 805. The molecule has 0 aliphatic rings. The maximum absolute atomic E-state index is 11.1. The van der Waals surface area contributed by atoms with Gasteiger partial charge in [0.1, 0.15) is 0 Å². The van der Waals surface area contributed by atoms with E-state index in [2.05, 4.69) is 29.7 Å². The van der Waals surface area contributed by atoms with Crippen molar-refractivity contribution < 1.29 is 4.92 Å². The maximum atomic E-state index is 11.1. The van der Waals surface area contributed by atoms with Crippen molar-refractivity contribution in [2.45, 2.75) is 19.9 Å². The molecule has 0 aliphatic carbocycles. The number of hydrogen-bond acceptors (Lipinski definition) is 2. The van der Waals surface area contributed by atoms with Gasteiger partial charge in [0.2, 0.25) is 0 Å². The van der Waals surface area contributed by atoms with Crippen molar-refractivity contribution in [3.63, 3.8) is 0 Å². The van der Waals surface area contributed by atoms with Gasteiger partial charge in [-0.25, -0.2) is 0 Å². The summed E-state index contributed by atoms with van der Waals surface area (Å²) in [6, 6.07) is 17.3. The summed E-state index contributed by atoms with van der Waals surface area (Å²) in [4.78, 5) is 10.8. The van der Waals surface area contributed by atoms with Crippen molar-refractivity contribution in [2.75, 3.05) is 0 Å². The Morgan fingerprint density at radius 2 is 1.81 bits per heavy atom. The van der Waals surface area contributed by atoms with Gasteiger partial charge < -0.3 is 4.57 Å². The number of nitro groups is 1. The smallest absolute Gasteiger partial charge is 0.272 e. The average Bonchev–Trinajstić information content (AvgIpc) is 2.81. The summed E-state index contributed by atoms with van der Waals surface area (Å²) in [5.74, 6) is 0. The fraction of sp³-hybridized carbons (Fsp3) is 0.176. The van der Waals surface area contributed by atoms with Crippen LogP contribution in [0.3, 0.4) is 0 Å². The first kappa shape index (κ1) is 13.4. The van der Waals surface area contributed by atoms with Crippen LogP contribution in [0, 0.1) is 17.0 Å². The minimum absolute atomic E-state index is 0.201. The fourth-order valence-electron chi connectivity index (χ4n) is 2.78. The molecule has 0 amide bonds. The summed E-state index contributed by atoms with van der Waals surface area (Å²) in [6.07, 6.45) is 0.649. The number of aryl methyl sites for hydroxylation is 3. The van der Waals surface area contributed by atoms with Crippen LogP contribution in [0.5, 0.6) is 0 Å². The van der Waals surface area contributed by atoms with Crippen molar-refractivity contribution in [1.82, 2.24) is 4.57 Å². The normalized spacial score (nSPS) is 10.9. The van der Waals surface area contributed by atoms with Gasteiger partial charge in [0.05, 0.1) is 4.92 Å². The van der Waals surface area contributed by atoms with Crippen molar-refractivity contribution in [2.24, 2.45) is 0 Å². The molecule has 0 aliphatic heterocycles. The first-order chi connectivity index (χ1) is 10.2. The molecule has 106 valence electrons. The highest BCUT2D eigenvalue weighted by Crippen LogP contribution is 2.22. The molecule has 3 rings (SSSR count). The molecule has 1 aromatic heterocycles. The van der Waals surface area contributed by atoms with E-state index >= 15 is 0 Å². The van der Waals surface area contributed by atoms with E-state index in [0.717, 1.165) is 12.1 Å². The van der Waals surface area contributed by atoms with Gasteiger partial charge in [0, 0.05) is 29.4 Å². The van der Waals surface area contributed by atoms with Crippen molar-refractivity contribution in [1.29, 1.82) is 0 Å². The van der Waals surface area contributed by atoms with Crippen molar-refractivity contribution in [3.05, 3.63) is 76.0 Å². The van der Waals surface area contributed by atoms with E-state index in [0.29, 0.717) is 6.42 Å². The van der Waals surface area contributed by atoms with Gasteiger partial charge in [-0.05, 0) is 30.9 Å². The van der Waals surface area contributed by atoms with E-state index in [1.807, 2.05) is 24.3 Å². The number of hydrogen-bond donors (Lipinski definition) is 0. The van der Waals surface area contributed by atoms with E-state index in [1.54, 1.807) is 12.1 Å². The van der Waals surface area contributed by atoms with Gasteiger partial charge >= 0.3 is 0 Å². The molecular weight excluding hydrogens is 264 g/mol. The minimum atomic E-state index is -0.310. The molecular formula is C17H16N2O2. The lowest BCUT2D eigenvalue weighted by molar-refractivity contribution is -0.385. The van der Waals surface area contributed by atoms with Gasteiger partial charge in [0.25, 0.3) is 5.69 Å². The Labute approximate surface area is 122 Å². The molecule has 4 nitrogen and oxygen atoms in total. The standard InChI is InChI=1S/C17H16N2O2/c1-13-12-15-7-3-4-8-16(15)18(13)11-10-14-6-2-5-9-17(14)19(20)21/h2-9,12H,10-11H2,1H3. The second kappa shape index (κ2) is 5.40. The molecule has 21 heavy (non-hydrogen) atoms. The number of nitrogens with zero attached hydrogens (tertiary/aromatic N) is 2. The van der Waals surface area contributed by atoms with Crippen LogP contribution in [-0.2, 0) is 13.0 Å². The van der Waals surface area contributed by atoms with Gasteiger partial charge in [0.15, 0.2) is 0 Å². The number of rotatable bonds is 4. The summed E-state index contributed by atoms with van der Waals surface area (Å²) in [7, 11) is 0. The Kier molecular flexibility index (Phi) is 3.44. The quantitative estimate of drug-likeness (QED) is 0.533. The molecule has 2 aromatic carbocycles. The number of fused-ring (bicyclic) bond motifs is 1. The van der Waals surface area contributed by atoms with Gasteiger partial charge in [-0.3, -0.25) is 10.1 Å². The monoisotopic (exact) mass is 280 g/mol. The molecule has 4 heteroatoms. The molecule has 1 heterocycles. The molecule has 0 unspecified atom stereocenters. The van der Waals surface area contributed by atoms with E-state index < -0.39 is 0 Å². The highest BCUT2D eigenvalue weighted by atomic mass is 16.6. The summed E-state index contributed by atoms with van der Waals surface area (Å²) in [5.41, 5.74) is 3.33. The number of aromatic nitrogens is 1. The molecule has 0 radical (unpaired) electrons. The number of benzene rings is 2. The Hall–Kier alpha value is -2.62. The second-order valence-electron chi connectivity index (χ2n) is 5.13. The third-order valence-corrected chi connectivity index (χ3v) is 3.81. The molecule has 0 saturated carbocycles. The topological polar surface area (TPSA) is 48.1 Å². The molecule has 0 atom stereocenters. The molecule has 0 saturated heterocycles. The largest absolute Gasteiger partial charge is 0.345 e. The Balaban J connectivity index is 1.91. The van der Waals surface area contributed by atoms with E-state index in [4.69, 9.17) is 0 Å². The van der Waals surface area contributed by atoms with Gasteiger partial charge in [-0.2, -0.15) is 0 Å². The SMILES string of the molecule is Cc1cc2ccccc2n1CCc1ccccc1[N+](=O)[O-]. The summed E-state index contributed by atoms with van der Waals surface area (Å²) in [6.45, 7) is 2.81. The second-order valence-corrected chi connectivity index (χ2v) is 5.13. The lowest BCUT2D eigenvalue weighted by Crippen LogP contribution is -2.04. The van der Waals surface area contributed by atoms with Crippen LogP contribution < -0.4 is 0 Å². The zero-order chi connectivity index (χ0) is 14.8. The molecule has 0 bridgehead atoms. The van der Waals surface area contributed by atoms with Crippen LogP contribution in [0.1, 0.15) is 11.3 Å². The maximum Gasteiger partial charge on any atom is 0.272 e. The molecule has 3 aromatic rings. The predicted molar refractivity (Wildman–Crippen MR) is 83.5 cm³/mol. The summed E-state index contributed by atoms with van der Waals surface area (Å²) in [5, 5.41) is 12.3. The van der Waals surface area contributed by atoms with Crippen LogP contribution in [-0.4, -0.2) is 9.49 Å². The molecule has 0 spiro atoms. The van der Waals surface area contributed by atoms with E-state index in [1.165, 1.54) is 16.6 Å². The van der Waals surface area contributed by atoms with Crippen molar-refractivity contribution >= 4 is 16.6 Å². The third kappa shape index (κ3) is 2.52. The van der Waals surface area contributed by atoms with E-state index in [9.17, 15) is 10.1 Å². The first-order valence-corrected chi connectivity index (χ1v) is 6.94. The lowest BCUT2D eigenvalue weighted by atomic mass is 10.1. The van der Waals surface area contributed by atoms with Crippen LogP contribution in [0.2, 0.25) is 0 Å². The summed E-state index contributed by atoms with van der Waals surface area (Å²) >= 11 is 0. The highest BCUT2D eigenvalue weighted by Gasteiger charge is 2.13. The Morgan fingerprint density at radius 3 is 2.62 bits per heavy atom. The van der Waals surface area contributed by atoms with Gasteiger partial charge in [-0.15, -0.1) is 0 Å². The van der Waals surface area contributed by atoms with Crippen LogP contribution in [0.4, 0.5) is 5.69 Å². The third-order valence-electron chi connectivity index (χ3n) is 3.81. The minimum Gasteiger partial charge on any atom is -0.345 e. The van der Waals surface area contributed by atoms with Crippen molar-refractivity contribution in [3.8, 4) is 0 Å². The number of nitro benzene ring substituents is 1. The summed E-state index contributed by atoms with van der Waals surface area (Å²) < 4.78 is 2.21. The Morgan fingerprint density at radius 1 is 1.10 bits per heavy atom. The first-order valence-electron chi connectivity index (χ1n) is 6.94. The molecule has 0 fully saturated rings. The van der Waals surface area contributed by atoms with Crippen LogP contribution in [0.15, 0.2) is 54.6 Å². The average molecular weight is 280 g/mol. The molecule has 0 N–H and O–H groups in total. The van der Waals surface area contributed by atoms with Gasteiger partial charge in [-0.1, -0.05) is 36.4 Å². The zero-order valence-corrected chi connectivity index (χ0v) is 11.8. The van der Waals surface area contributed by atoms with Crippen LogP contribution in [0.25, 0.3) is 10.9 Å². The zero-order valence-electron chi connectivity index (χ0n) is 11.8. The number of para-hydroxylation sites is 2. The van der Waals surface area contributed by atoms with E-state index in [-0.39, 0.29) is 10.6 Å².